The first kappa shape index (κ1) is 13.4. The van der Waals surface area contributed by atoms with Crippen molar-refractivity contribution in [2.75, 3.05) is 39.0 Å². The molecule has 0 atom stereocenters. The highest BCUT2D eigenvalue weighted by molar-refractivity contribution is 7.21. The molecule has 0 bridgehead atoms. The fourth-order valence-corrected chi connectivity index (χ4v) is 3.80. The molecular formula is C13H19N5OS. The molecule has 0 spiro atoms. The van der Waals surface area contributed by atoms with E-state index >= 15 is 0 Å². The fraction of sp³-hybridized carbons (Fsp3) is 0.538. The Morgan fingerprint density at radius 1 is 1.25 bits per heavy atom. The van der Waals surface area contributed by atoms with Crippen molar-refractivity contribution < 1.29 is 4.79 Å². The zero-order chi connectivity index (χ0) is 14.4. The van der Waals surface area contributed by atoms with Crippen molar-refractivity contribution in [1.29, 1.82) is 0 Å². The lowest BCUT2D eigenvalue weighted by Gasteiger charge is -2.32. The Kier molecular flexibility index (Phi) is 3.18. The van der Waals surface area contributed by atoms with E-state index in [0.29, 0.717) is 10.6 Å². The molecule has 1 aliphatic rings. The first-order valence-corrected chi connectivity index (χ1v) is 7.50. The quantitative estimate of drug-likeness (QED) is 0.849. The molecule has 7 heteroatoms. The smallest absolute Gasteiger partial charge is 0.266 e. The van der Waals surface area contributed by atoms with Crippen LogP contribution in [-0.2, 0) is 7.05 Å². The Balaban J connectivity index is 1.96. The predicted octanol–water partition coefficient (Wildman–Crippen LogP) is 0.913. The number of aromatic nitrogens is 2. The van der Waals surface area contributed by atoms with Gasteiger partial charge in [0.2, 0.25) is 0 Å². The van der Waals surface area contributed by atoms with E-state index in [1.54, 1.807) is 4.68 Å². The molecule has 1 aliphatic heterocycles. The van der Waals surface area contributed by atoms with Crippen LogP contribution in [0.2, 0.25) is 0 Å². The van der Waals surface area contributed by atoms with Gasteiger partial charge in [-0.15, -0.1) is 11.3 Å². The van der Waals surface area contributed by atoms with E-state index in [4.69, 9.17) is 5.73 Å². The Morgan fingerprint density at radius 3 is 2.50 bits per heavy atom. The number of aryl methyl sites for hydroxylation is 2. The topological polar surface area (TPSA) is 67.4 Å². The van der Waals surface area contributed by atoms with Gasteiger partial charge < -0.3 is 15.5 Å². The highest BCUT2D eigenvalue weighted by Gasteiger charge is 2.26. The van der Waals surface area contributed by atoms with Crippen LogP contribution < -0.4 is 5.73 Å². The molecule has 2 aromatic heterocycles. The van der Waals surface area contributed by atoms with Gasteiger partial charge in [0.1, 0.15) is 9.71 Å². The molecule has 108 valence electrons. The largest absolute Gasteiger partial charge is 0.397 e. The average molecular weight is 293 g/mol. The van der Waals surface area contributed by atoms with Gasteiger partial charge >= 0.3 is 0 Å². The summed E-state index contributed by atoms with van der Waals surface area (Å²) in [6.07, 6.45) is 0. The molecular weight excluding hydrogens is 274 g/mol. The van der Waals surface area contributed by atoms with Crippen LogP contribution in [0.25, 0.3) is 10.2 Å². The van der Waals surface area contributed by atoms with Crippen LogP contribution in [0.5, 0.6) is 0 Å². The Labute approximate surface area is 121 Å². The van der Waals surface area contributed by atoms with Gasteiger partial charge in [0.15, 0.2) is 0 Å². The zero-order valence-electron chi connectivity index (χ0n) is 12.0. The maximum atomic E-state index is 12.6. The number of amides is 1. The highest BCUT2D eigenvalue weighted by Crippen LogP contribution is 2.36. The molecule has 2 N–H and O–H groups in total. The van der Waals surface area contributed by atoms with E-state index in [-0.39, 0.29) is 5.91 Å². The van der Waals surface area contributed by atoms with Crippen molar-refractivity contribution in [1.82, 2.24) is 19.6 Å². The third kappa shape index (κ3) is 1.97. The summed E-state index contributed by atoms with van der Waals surface area (Å²) in [4.78, 5) is 18.4. The van der Waals surface area contributed by atoms with E-state index in [1.165, 1.54) is 11.3 Å². The summed E-state index contributed by atoms with van der Waals surface area (Å²) in [5, 5.41) is 5.28. The van der Waals surface area contributed by atoms with Crippen LogP contribution in [0.3, 0.4) is 0 Å². The Bertz CT molecular complexity index is 666. The van der Waals surface area contributed by atoms with Gasteiger partial charge in [0, 0.05) is 33.2 Å². The fourth-order valence-electron chi connectivity index (χ4n) is 2.64. The normalized spacial score (nSPS) is 17.1. The number of nitrogen functional groups attached to an aromatic ring is 1. The number of piperazine rings is 1. The number of hydrogen-bond acceptors (Lipinski definition) is 5. The molecule has 0 unspecified atom stereocenters. The van der Waals surface area contributed by atoms with Gasteiger partial charge in [-0.05, 0) is 14.0 Å². The molecule has 0 radical (unpaired) electrons. The molecule has 3 heterocycles. The van der Waals surface area contributed by atoms with Gasteiger partial charge in [0.25, 0.3) is 5.91 Å². The maximum absolute atomic E-state index is 12.6. The van der Waals surface area contributed by atoms with Crippen LogP contribution in [0.4, 0.5) is 5.69 Å². The van der Waals surface area contributed by atoms with Gasteiger partial charge in [-0.1, -0.05) is 0 Å². The predicted molar refractivity (Wildman–Crippen MR) is 81.1 cm³/mol. The lowest BCUT2D eigenvalue weighted by molar-refractivity contribution is 0.0670. The maximum Gasteiger partial charge on any atom is 0.266 e. The second-order valence-corrected chi connectivity index (χ2v) is 6.33. The lowest BCUT2D eigenvalue weighted by atomic mass is 10.2. The number of carbonyl (C=O) groups excluding carboxylic acids is 1. The van der Waals surface area contributed by atoms with E-state index < -0.39 is 0 Å². The summed E-state index contributed by atoms with van der Waals surface area (Å²) in [5.41, 5.74) is 7.65. The number of thiophene rings is 1. The van der Waals surface area contributed by atoms with Crippen molar-refractivity contribution in [2.45, 2.75) is 6.92 Å². The van der Waals surface area contributed by atoms with Crippen LogP contribution >= 0.6 is 11.3 Å². The molecule has 0 saturated carbocycles. The lowest BCUT2D eigenvalue weighted by Crippen LogP contribution is -2.47. The van der Waals surface area contributed by atoms with Crippen molar-refractivity contribution in [3.05, 3.63) is 10.6 Å². The molecule has 1 fully saturated rings. The summed E-state index contributed by atoms with van der Waals surface area (Å²) in [6, 6.07) is 0. The minimum absolute atomic E-state index is 0.0520. The Morgan fingerprint density at radius 2 is 1.90 bits per heavy atom. The summed E-state index contributed by atoms with van der Waals surface area (Å²) in [5.74, 6) is 0.0520. The van der Waals surface area contributed by atoms with Gasteiger partial charge in [-0.2, -0.15) is 5.10 Å². The zero-order valence-corrected chi connectivity index (χ0v) is 12.8. The Hall–Kier alpha value is -1.60. The molecule has 2 aromatic rings. The molecule has 6 nitrogen and oxygen atoms in total. The minimum atomic E-state index is 0.0520. The number of rotatable bonds is 1. The monoisotopic (exact) mass is 293 g/mol. The number of hydrogen-bond donors (Lipinski definition) is 1. The van der Waals surface area contributed by atoms with Crippen LogP contribution in [0, 0.1) is 6.92 Å². The molecule has 1 saturated heterocycles. The molecule has 3 rings (SSSR count). The SMILES string of the molecule is Cc1nn(C)c2sc(C(=O)N3CCN(C)CC3)c(N)c12. The third-order valence-corrected chi connectivity index (χ3v) is 5.13. The number of nitrogens with zero attached hydrogens (tertiary/aromatic N) is 4. The number of anilines is 1. The molecule has 1 amide bonds. The third-order valence-electron chi connectivity index (χ3n) is 3.87. The van der Waals surface area contributed by atoms with Crippen molar-refractivity contribution in [3.8, 4) is 0 Å². The van der Waals surface area contributed by atoms with Crippen molar-refractivity contribution in [3.63, 3.8) is 0 Å². The summed E-state index contributed by atoms with van der Waals surface area (Å²) in [6.45, 7) is 5.28. The van der Waals surface area contributed by atoms with Crippen molar-refractivity contribution >= 4 is 33.1 Å². The summed E-state index contributed by atoms with van der Waals surface area (Å²) in [7, 11) is 3.96. The first-order chi connectivity index (χ1) is 9.49. The van der Waals surface area contributed by atoms with E-state index in [0.717, 1.165) is 42.1 Å². The second-order valence-electron chi connectivity index (χ2n) is 5.33. The number of likely N-dealkylation sites (N-methyl/N-ethyl adjacent to an activating group) is 1. The van der Waals surface area contributed by atoms with E-state index in [2.05, 4.69) is 17.0 Å². The number of fused-ring (bicyclic) bond motifs is 1. The second kappa shape index (κ2) is 4.75. The summed E-state index contributed by atoms with van der Waals surface area (Å²) < 4.78 is 1.80. The van der Waals surface area contributed by atoms with Crippen LogP contribution in [0.15, 0.2) is 0 Å². The van der Waals surface area contributed by atoms with Gasteiger partial charge in [0.05, 0.1) is 16.8 Å². The summed E-state index contributed by atoms with van der Waals surface area (Å²) >= 11 is 1.44. The standard InChI is InChI=1S/C13H19N5OS/c1-8-9-10(14)11(20-13(9)17(3)15-8)12(19)18-6-4-16(2)5-7-18/h4-7,14H2,1-3H3. The van der Waals surface area contributed by atoms with Gasteiger partial charge in [-0.25, -0.2) is 0 Å². The average Bonchev–Trinajstić information content (AvgIpc) is 2.89. The van der Waals surface area contributed by atoms with E-state index in [1.807, 2.05) is 18.9 Å². The number of carbonyl (C=O) groups is 1. The molecule has 0 aliphatic carbocycles. The van der Waals surface area contributed by atoms with Crippen LogP contribution in [-0.4, -0.2) is 58.7 Å². The van der Waals surface area contributed by atoms with Crippen molar-refractivity contribution in [2.24, 2.45) is 7.05 Å². The van der Waals surface area contributed by atoms with E-state index in [9.17, 15) is 4.79 Å². The van der Waals surface area contributed by atoms with Crippen LogP contribution in [0.1, 0.15) is 15.4 Å². The molecule has 0 aromatic carbocycles. The molecule has 20 heavy (non-hydrogen) atoms. The highest BCUT2D eigenvalue weighted by atomic mass is 32.1. The first-order valence-electron chi connectivity index (χ1n) is 6.68. The van der Waals surface area contributed by atoms with Gasteiger partial charge in [-0.3, -0.25) is 9.48 Å². The number of nitrogens with two attached hydrogens (primary N) is 1. The minimum Gasteiger partial charge on any atom is -0.397 e.